The van der Waals surface area contributed by atoms with E-state index in [1.54, 1.807) is 26.1 Å². The van der Waals surface area contributed by atoms with Gasteiger partial charge in [0.05, 0.1) is 6.10 Å². The number of rotatable bonds is 3. The molecule has 1 rings (SSSR count). The lowest BCUT2D eigenvalue weighted by atomic mass is 9.93. The number of methoxy groups -OCH3 is 1. The molecule has 0 spiro atoms. The first-order valence-corrected chi connectivity index (χ1v) is 5.58. The van der Waals surface area contributed by atoms with Crippen molar-refractivity contribution in [3.05, 3.63) is 0 Å². The lowest BCUT2D eigenvalue weighted by molar-refractivity contribution is -0.130. The van der Waals surface area contributed by atoms with Gasteiger partial charge in [-0.25, -0.2) is 0 Å². The molecule has 4 nitrogen and oxygen atoms in total. The number of nitrogens with zero attached hydrogens (tertiary/aromatic N) is 1. The van der Waals surface area contributed by atoms with Crippen molar-refractivity contribution in [3.8, 4) is 0 Å². The molecule has 0 aliphatic carbocycles. The molecule has 1 saturated heterocycles. The zero-order chi connectivity index (χ0) is 11.3. The average molecular weight is 214 g/mol. The Balaban J connectivity index is 2.51. The Bertz CT molecular complexity index is 207. The molecule has 1 fully saturated rings. The van der Waals surface area contributed by atoms with E-state index in [0.29, 0.717) is 12.3 Å². The monoisotopic (exact) mass is 214 g/mol. The van der Waals surface area contributed by atoms with Gasteiger partial charge in [0.15, 0.2) is 0 Å². The summed E-state index contributed by atoms with van der Waals surface area (Å²) in [6, 6.07) is 0. The minimum atomic E-state index is 0.198. The quantitative estimate of drug-likeness (QED) is 0.743. The Kier molecular flexibility index (Phi) is 5.05. The van der Waals surface area contributed by atoms with Gasteiger partial charge < -0.3 is 15.0 Å². The lowest BCUT2D eigenvalue weighted by Gasteiger charge is -2.24. The van der Waals surface area contributed by atoms with Gasteiger partial charge in [-0.1, -0.05) is 0 Å². The van der Waals surface area contributed by atoms with Crippen molar-refractivity contribution in [1.29, 1.82) is 0 Å². The molecule has 0 unspecified atom stereocenters. The van der Waals surface area contributed by atoms with Gasteiger partial charge in [-0.05, 0) is 31.8 Å². The second-order valence-corrected chi connectivity index (χ2v) is 4.35. The number of carbonyl (C=O) groups excluding carboxylic acids is 1. The summed E-state index contributed by atoms with van der Waals surface area (Å²) >= 11 is 0. The second kappa shape index (κ2) is 6.08. The predicted molar refractivity (Wildman–Crippen MR) is 59.7 cm³/mol. The molecule has 0 aromatic heterocycles. The highest BCUT2D eigenvalue weighted by Crippen LogP contribution is 2.21. The van der Waals surface area contributed by atoms with E-state index in [1.807, 2.05) is 0 Å². The summed E-state index contributed by atoms with van der Waals surface area (Å²) < 4.78 is 5.45. The summed E-state index contributed by atoms with van der Waals surface area (Å²) in [6.07, 6.45) is 2.86. The first-order valence-electron chi connectivity index (χ1n) is 5.58. The van der Waals surface area contributed by atoms with Crippen molar-refractivity contribution in [2.45, 2.75) is 25.4 Å². The fourth-order valence-corrected chi connectivity index (χ4v) is 2.03. The topological polar surface area (TPSA) is 41.6 Å². The maximum absolute atomic E-state index is 11.6. The average Bonchev–Trinajstić information content (AvgIpc) is 2.42. The van der Waals surface area contributed by atoms with E-state index >= 15 is 0 Å². The molecular formula is C11H22N2O2. The SMILES string of the molecule is CO[C@H]1CCNCC[C@@H]1CC(=O)N(C)C. The minimum absolute atomic E-state index is 0.198. The van der Waals surface area contributed by atoms with Crippen LogP contribution < -0.4 is 5.32 Å². The fraction of sp³-hybridized carbons (Fsp3) is 0.909. The Morgan fingerprint density at radius 1 is 1.40 bits per heavy atom. The number of carbonyl (C=O) groups is 1. The third-order valence-corrected chi connectivity index (χ3v) is 3.06. The van der Waals surface area contributed by atoms with Crippen molar-refractivity contribution in [1.82, 2.24) is 10.2 Å². The second-order valence-electron chi connectivity index (χ2n) is 4.35. The largest absolute Gasteiger partial charge is 0.381 e. The van der Waals surface area contributed by atoms with Gasteiger partial charge in [0.2, 0.25) is 5.91 Å². The molecule has 15 heavy (non-hydrogen) atoms. The Morgan fingerprint density at radius 3 is 2.67 bits per heavy atom. The molecule has 0 radical (unpaired) electrons. The third-order valence-electron chi connectivity index (χ3n) is 3.06. The van der Waals surface area contributed by atoms with E-state index in [9.17, 15) is 4.79 Å². The molecule has 0 bridgehead atoms. The molecule has 88 valence electrons. The lowest BCUT2D eigenvalue weighted by Crippen LogP contribution is -2.30. The van der Waals surface area contributed by atoms with Crippen LogP contribution in [0, 0.1) is 5.92 Å². The van der Waals surface area contributed by atoms with Gasteiger partial charge in [-0.15, -0.1) is 0 Å². The van der Waals surface area contributed by atoms with Crippen LogP contribution in [-0.4, -0.2) is 51.2 Å². The van der Waals surface area contributed by atoms with E-state index in [-0.39, 0.29) is 12.0 Å². The first-order chi connectivity index (χ1) is 7.15. The van der Waals surface area contributed by atoms with Crippen LogP contribution in [0.15, 0.2) is 0 Å². The molecule has 0 aromatic rings. The molecular weight excluding hydrogens is 192 g/mol. The maximum Gasteiger partial charge on any atom is 0.222 e. The van der Waals surface area contributed by atoms with Gasteiger partial charge in [-0.2, -0.15) is 0 Å². The number of hydrogen-bond donors (Lipinski definition) is 1. The Hall–Kier alpha value is -0.610. The molecule has 1 heterocycles. The highest BCUT2D eigenvalue weighted by atomic mass is 16.5. The van der Waals surface area contributed by atoms with Crippen molar-refractivity contribution < 1.29 is 9.53 Å². The third kappa shape index (κ3) is 3.80. The summed E-state index contributed by atoms with van der Waals surface area (Å²) in [5.41, 5.74) is 0. The predicted octanol–water partition coefficient (Wildman–Crippen LogP) is 0.479. The van der Waals surface area contributed by atoms with Crippen molar-refractivity contribution >= 4 is 5.91 Å². The number of amides is 1. The molecule has 4 heteroatoms. The summed E-state index contributed by atoms with van der Waals surface area (Å²) in [5.74, 6) is 0.559. The zero-order valence-electron chi connectivity index (χ0n) is 9.95. The van der Waals surface area contributed by atoms with Crippen LogP contribution in [0.25, 0.3) is 0 Å². The van der Waals surface area contributed by atoms with Crippen LogP contribution in [0.3, 0.4) is 0 Å². The van der Waals surface area contributed by atoms with Crippen LogP contribution in [0.1, 0.15) is 19.3 Å². The smallest absolute Gasteiger partial charge is 0.222 e. The number of hydrogen-bond acceptors (Lipinski definition) is 3. The standard InChI is InChI=1S/C11H22N2O2/c1-13(2)11(14)8-9-4-6-12-7-5-10(9)15-3/h9-10,12H,4-8H2,1-3H3/t9-,10+/m1/s1. The van der Waals surface area contributed by atoms with Crippen molar-refractivity contribution in [2.75, 3.05) is 34.3 Å². The van der Waals surface area contributed by atoms with Crippen LogP contribution >= 0.6 is 0 Å². The summed E-state index contributed by atoms with van der Waals surface area (Å²) in [6.45, 7) is 1.98. The summed E-state index contributed by atoms with van der Waals surface area (Å²) in [7, 11) is 5.35. The van der Waals surface area contributed by atoms with E-state index < -0.39 is 0 Å². The van der Waals surface area contributed by atoms with E-state index in [2.05, 4.69) is 5.32 Å². The Labute approximate surface area is 92.0 Å². The van der Waals surface area contributed by atoms with Gasteiger partial charge in [-0.3, -0.25) is 4.79 Å². The molecule has 1 aliphatic heterocycles. The van der Waals surface area contributed by atoms with Gasteiger partial charge in [0.25, 0.3) is 0 Å². The van der Waals surface area contributed by atoms with Crippen molar-refractivity contribution in [2.24, 2.45) is 5.92 Å². The maximum atomic E-state index is 11.6. The van der Waals surface area contributed by atoms with Crippen LogP contribution in [-0.2, 0) is 9.53 Å². The van der Waals surface area contributed by atoms with Crippen molar-refractivity contribution in [3.63, 3.8) is 0 Å². The Morgan fingerprint density at radius 2 is 2.07 bits per heavy atom. The minimum Gasteiger partial charge on any atom is -0.381 e. The van der Waals surface area contributed by atoms with Crippen LogP contribution in [0.4, 0.5) is 0 Å². The number of nitrogens with one attached hydrogen (secondary N) is 1. The fourth-order valence-electron chi connectivity index (χ4n) is 2.03. The molecule has 0 aromatic carbocycles. The van der Waals surface area contributed by atoms with Gasteiger partial charge in [0, 0.05) is 27.6 Å². The highest BCUT2D eigenvalue weighted by Gasteiger charge is 2.25. The van der Waals surface area contributed by atoms with Gasteiger partial charge in [0.1, 0.15) is 0 Å². The highest BCUT2D eigenvalue weighted by molar-refractivity contribution is 5.75. The molecule has 1 aliphatic rings. The van der Waals surface area contributed by atoms with Crippen LogP contribution in [0.5, 0.6) is 0 Å². The summed E-state index contributed by atoms with van der Waals surface area (Å²) in [4.78, 5) is 13.3. The number of ether oxygens (including phenoxy) is 1. The summed E-state index contributed by atoms with van der Waals surface area (Å²) in [5, 5.41) is 3.34. The normalized spacial score (nSPS) is 27.1. The van der Waals surface area contributed by atoms with E-state index in [0.717, 1.165) is 25.9 Å². The van der Waals surface area contributed by atoms with Crippen LogP contribution in [0.2, 0.25) is 0 Å². The van der Waals surface area contributed by atoms with Gasteiger partial charge >= 0.3 is 0 Å². The molecule has 1 N–H and O–H groups in total. The molecule has 2 atom stereocenters. The zero-order valence-corrected chi connectivity index (χ0v) is 9.95. The molecule has 0 saturated carbocycles. The molecule has 1 amide bonds. The first kappa shape index (κ1) is 12.5. The van der Waals surface area contributed by atoms with E-state index in [4.69, 9.17) is 4.74 Å². The van der Waals surface area contributed by atoms with E-state index in [1.165, 1.54) is 0 Å².